The average Bonchev–Trinajstić information content (AvgIpc) is 2.65. The van der Waals surface area contributed by atoms with Crippen LogP contribution in [0, 0.1) is 24.7 Å². The molecule has 1 saturated carbocycles. The Morgan fingerprint density at radius 2 is 2.11 bits per heavy atom. The van der Waals surface area contributed by atoms with Crippen LogP contribution in [-0.4, -0.2) is 16.3 Å². The molecule has 2 rings (SSSR count). The number of hydrogen-bond donors (Lipinski definition) is 1. The van der Waals surface area contributed by atoms with Crippen molar-refractivity contribution in [3.63, 3.8) is 0 Å². The molecule has 0 saturated heterocycles. The van der Waals surface area contributed by atoms with Gasteiger partial charge in [-0.2, -0.15) is 5.10 Å². The van der Waals surface area contributed by atoms with E-state index >= 15 is 0 Å². The van der Waals surface area contributed by atoms with E-state index in [2.05, 4.69) is 34.9 Å². The number of nitrogens with two attached hydrogens (primary N) is 1. The van der Waals surface area contributed by atoms with Crippen LogP contribution in [0.1, 0.15) is 44.0 Å². The first-order valence-corrected chi connectivity index (χ1v) is 8.24. The van der Waals surface area contributed by atoms with Crippen molar-refractivity contribution in [2.75, 3.05) is 6.54 Å². The fraction of sp³-hybridized carbons (Fsp3) is 0.800. The van der Waals surface area contributed by atoms with Crippen molar-refractivity contribution in [2.24, 2.45) is 30.5 Å². The molecule has 0 amide bonds. The average molecular weight is 328 g/mol. The van der Waals surface area contributed by atoms with E-state index in [-0.39, 0.29) is 0 Å². The SMILES string of the molecule is CCC1CCC(CN)C(Cc2c(Br)c(C)nn2C)C1. The van der Waals surface area contributed by atoms with Gasteiger partial charge in [0.1, 0.15) is 0 Å². The quantitative estimate of drug-likeness (QED) is 0.920. The Morgan fingerprint density at radius 1 is 1.37 bits per heavy atom. The predicted molar refractivity (Wildman–Crippen MR) is 83.0 cm³/mol. The topological polar surface area (TPSA) is 43.8 Å². The summed E-state index contributed by atoms with van der Waals surface area (Å²) in [5, 5.41) is 4.50. The molecule has 4 heteroatoms. The normalized spacial score (nSPS) is 27.7. The highest BCUT2D eigenvalue weighted by atomic mass is 79.9. The Hall–Kier alpha value is -0.350. The molecule has 1 aromatic rings. The third kappa shape index (κ3) is 3.22. The molecule has 3 unspecified atom stereocenters. The number of aryl methyl sites for hydroxylation is 2. The molecule has 0 aliphatic heterocycles. The van der Waals surface area contributed by atoms with Crippen molar-refractivity contribution < 1.29 is 0 Å². The van der Waals surface area contributed by atoms with Gasteiger partial charge in [0.2, 0.25) is 0 Å². The lowest BCUT2D eigenvalue weighted by atomic mass is 9.71. The monoisotopic (exact) mass is 327 g/mol. The number of nitrogens with zero attached hydrogens (tertiary/aromatic N) is 2. The molecule has 1 aliphatic carbocycles. The van der Waals surface area contributed by atoms with E-state index in [1.54, 1.807) is 0 Å². The molecule has 3 nitrogen and oxygen atoms in total. The molecule has 1 aliphatic rings. The van der Waals surface area contributed by atoms with Crippen molar-refractivity contribution in [1.29, 1.82) is 0 Å². The van der Waals surface area contributed by atoms with Gasteiger partial charge in [-0.3, -0.25) is 4.68 Å². The van der Waals surface area contributed by atoms with Crippen LogP contribution in [0.3, 0.4) is 0 Å². The minimum Gasteiger partial charge on any atom is -0.330 e. The summed E-state index contributed by atoms with van der Waals surface area (Å²) in [5.41, 5.74) is 8.40. The smallest absolute Gasteiger partial charge is 0.0738 e. The van der Waals surface area contributed by atoms with Gasteiger partial charge in [0.15, 0.2) is 0 Å². The highest BCUT2D eigenvalue weighted by molar-refractivity contribution is 9.10. The van der Waals surface area contributed by atoms with Gasteiger partial charge in [0.05, 0.1) is 15.9 Å². The first-order chi connectivity index (χ1) is 9.06. The van der Waals surface area contributed by atoms with Gasteiger partial charge in [-0.15, -0.1) is 0 Å². The van der Waals surface area contributed by atoms with E-state index in [1.165, 1.54) is 35.8 Å². The summed E-state index contributed by atoms with van der Waals surface area (Å²) in [7, 11) is 2.05. The maximum absolute atomic E-state index is 5.98. The van der Waals surface area contributed by atoms with Gasteiger partial charge in [-0.1, -0.05) is 19.8 Å². The van der Waals surface area contributed by atoms with Crippen molar-refractivity contribution in [1.82, 2.24) is 9.78 Å². The zero-order valence-electron chi connectivity index (χ0n) is 12.3. The van der Waals surface area contributed by atoms with Crippen LogP contribution >= 0.6 is 15.9 Å². The summed E-state index contributed by atoms with van der Waals surface area (Å²) in [6, 6.07) is 0. The third-order valence-electron chi connectivity index (χ3n) is 4.85. The van der Waals surface area contributed by atoms with Gasteiger partial charge in [0.25, 0.3) is 0 Å². The van der Waals surface area contributed by atoms with Crippen molar-refractivity contribution in [3.05, 3.63) is 15.9 Å². The highest BCUT2D eigenvalue weighted by Gasteiger charge is 2.30. The Bertz CT molecular complexity index is 427. The lowest BCUT2D eigenvalue weighted by molar-refractivity contribution is 0.177. The van der Waals surface area contributed by atoms with Crippen LogP contribution in [0.15, 0.2) is 4.47 Å². The Kier molecular flexibility index (Phi) is 5.07. The molecule has 3 atom stereocenters. The number of halogens is 1. The van der Waals surface area contributed by atoms with Crippen LogP contribution in [0.2, 0.25) is 0 Å². The fourth-order valence-corrected chi connectivity index (χ4v) is 4.00. The lowest BCUT2D eigenvalue weighted by Gasteiger charge is -2.35. The van der Waals surface area contributed by atoms with Crippen LogP contribution in [-0.2, 0) is 13.5 Å². The van der Waals surface area contributed by atoms with Crippen LogP contribution < -0.4 is 5.73 Å². The molecule has 2 N–H and O–H groups in total. The summed E-state index contributed by atoms with van der Waals surface area (Å²) in [6.07, 6.45) is 6.40. The van der Waals surface area contributed by atoms with Crippen LogP contribution in [0.5, 0.6) is 0 Å². The summed E-state index contributed by atoms with van der Waals surface area (Å²) < 4.78 is 3.21. The van der Waals surface area contributed by atoms with Crippen molar-refractivity contribution >= 4 is 15.9 Å². The van der Waals surface area contributed by atoms with E-state index < -0.39 is 0 Å². The first-order valence-electron chi connectivity index (χ1n) is 7.44. The Morgan fingerprint density at radius 3 is 2.63 bits per heavy atom. The van der Waals surface area contributed by atoms with E-state index in [9.17, 15) is 0 Å². The fourth-order valence-electron chi connectivity index (χ4n) is 3.51. The second-order valence-electron chi connectivity index (χ2n) is 6.02. The Labute approximate surface area is 125 Å². The molecular formula is C15H26BrN3. The van der Waals surface area contributed by atoms with Gasteiger partial charge in [-0.05, 0) is 66.4 Å². The molecule has 1 aromatic heterocycles. The minimum absolute atomic E-state index is 0.685. The number of aromatic nitrogens is 2. The van der Waals surface area contributed by atoms with Gasteiger partial charge in [-0.25, -0.2) is 0 Å². The highest BCUT2D eigenvalue weighted by Crippen LogP contribution is 2.38. The molecule has 1 fully saturated rings. The van der Waals surface area contributed by atoms with Gasteiger partial charge in [0, 0.05) is 7.05 Å². The zero-order chi connectivity index (χ0) is 14.0. The molecule has 0 spiro atoms. The largest absolute Gasteiger partial charge is 0.330 e. The van der Waals surface area contributed by atoms with Crippen LogP contribution in [0.4, 0.5) is 0 Å². The van der Waals surface area contributed by atoms with Crippen LogP contribution in [0.25, 0.3) is 0 Å². The molecule has 0 radical (unpaired) electrons. The molecule has 19 heavy (non-hydrogen) atoms. The van der Waals surface area contributed by atoms with Gasteiger partial charge < -0.3 is 5.73 Å². The molecule has 1 heterocycles. The van der Waals surface area contributed by atoms with Gasteiger partial charge >= 0.3 is 0 Å². The van der Waals surface area contributed by atoms with E-state index in [0.717, 1.165) is 30.5 Å². The van der Waals surface area contributed by atoms with E-state index in [4.69, 9.17) is 5.73 Å². The first kappa shape index (κ1) is 15.0. The number of rotatable bonds is 4. The predicted octanol–water partition coefficient (Wildman–Crippen LogP) is 3.43. The summed E-state index contributed by atoms with van der Waals surface area (Å²) in [4.78, 5) is 0. The summed E-state index contributed by atoms with van der Waals surface area (Å²) in [6.45, 7) is 5.20. The standard InChI is InChI=1S/C15H26BrN3/c1-4-11-5-6-12(9-17)13(7-11)8-14-15(16)10(2)18-19(14)3/h11-13H,4-9,17H2,1-3H3. The second-order valence-corrected chi connectivity index (χ2v) is 6.81. The minimum atomic E-state index is 0.685. The maximum atomic E-state index is 5.98. The summed E-state index contributed by atoms with van der Waals surface area (Å²) >= 11 is 3.69. The lowest BCUT2D eigenvalue weighted by Crippen LogP contribution is -2.32. The molecule has 108 valence electrons. The summed E-state index contributed by atoms with van der Waals surface area (Å²) in [5.74, 6) is 2.29. The van der Waals surface area contributed by atoms with E-state index in [1.807, 2.05) is 11.7 Å². The van der Waals surface area contributed by atoms with E-state index in [0.29, 0.717) is 5.92 Å². The number of hydrogen-bond acceptors (Lipinski definition) is 2. The Balaban J connectivity index is 2.14. The maximum Gasteiger partial charge on any atom is 0.0738 e. The molecular weight excluding hydrogens is 302 g/mol. The molecule has 0 bridgehead atoms. The molecule has 0 aromatic carbocycles. The second kappa shape index (κ2) is 6.40. The third-order valence-corrected chi connectivity index (χ3v) is 5.88. The van der Waals surface area contributed by atoms with Crippen molar-refractivity contribution in [2.45, 2.75) is 46.0 Å². The van der Waals surface area contributed by atoms with Crippen molar-refractivity contribution in [3.8, 4) is 0 Å². The zero-order valence-corrected chi connectivity index (χ0v) is 13.9.